The summed E-state index contributed by atoms with van der Waals surface area (Å²) >= 11 is 11.8. The molecule has 150 valence electrons. The monoisotopic (exact) mass is 425 g/mol. The number of likely N-dealkylation sites (tertiary alicyclic amines) is 1. The van der Waals surface area contributed by atoms with Crippen molar-refractivity contribution in [3.05, 3.63) is 52.5 Å². The molecular weight excluding hydrogens is 405 g/mol. The highest BCUT2D eigenvalue weighted by Crippen LogP contribution is 2.40. The number of carbonyl (C=O) groups is 2. The van der Waals surface area contributed by atoms with E-state index in [0.29, 0.717) is 40.7 Å². The number of fused-ring (bicyclic) bond motifs is 1. The maximum atomic E-state index is 12.5. The van der Waals surface area contributed by atoms with Crippen molar-refractivity contribution in [2.24, 2.45) is 11.8 Å². The Hall–Kier alpha value is -2.25. The Bertz CT molecular complexity index is 847. The van der Waals surface area contributed by atoms with E-state index in [0.717, 1.165) is 17.5 Å². The van der Waals surface area contributed by atoms with Crippen LogP contribution in [0.1, 0.15) is 30.3 Å². The normalized spacial score (nSPS) is 25.0. The average molecular weight is 426 g/mol. The average Bonchev–Trinajstić information content (AvgIpc) is 3.26. The number of carboxylic acid groups (broad SMARTS) is 1. The molecule has 2 aliphatic rings. The molecule has 0 radical (unpaired) electrons. The predicted octanol–water partition coefficient (Wildman–Crippen LogP) is 4.06. The molecule has 1 N–H and O–H groups in total. The molecule has 1 aliphatic carbocycles. The van der Waals surface area contributed by atoms with Crippen molar-refractivity contribution in [3.8, 4) is 0 Å². The number of nitrogens with zero attached hydrogens (tertiary/aromatic N) is 3. The van der Waals surface area contributed by atoms with Gasteiger partial charge in [0.2, 0.25) is 0 Å². The number of rotatable bonds is 5. The Labute approximate surface area is 172 Å². The first-order chi connectivity index (χ1) is 13.2. The Morgan fingerprint density at radius 2 is 1.93 bits per heavy atom. The molecular formula is C19H21Cl2N3O4. The van der Waals surface area contributed by atoms with Gasteiger partial charge in [0.05, 0.1) is 11.9 Å². The van der Waals surface area contributed by atoms with Gasteiger partial charge >= 0.3 is 12.0 Å². The van der Waals surface area contributed by atoms with E-state index in [2.05, 4.69) is 11.7 Å². The van der Waals surface area contributed by atoms with Gasteiger partial charge in [0, 0.05) is 29.4 Å². The van der Waals surface area contributed by atoms with Gasteiger partial charge in [-0.15, -0.1) is 0 Å². The molecule has 3 atom stereocenters. The number of hydrogen-bond donors (Lipinski definition) is 1. The van der Waals surface area contributed by atoms with E-state index in [1.807, 2.05) is 6.92 Å². The highest BCUT2D eigenvalue weighted by molar-refractivity contribution is 6.35. The van der Waals surface area contributed by atoms with Gasteiger partial charge in [-0.25, -0.2) is 9.59 Å². The first-order valence-corrected chi connectivity index (χ1v) is 9.63. The highest BCUT2D eigenvalue weighted by atomic mass is 35.5. The van der Waals surface area contributed by atoms with E-state index in [9.17, 15) is 9.59 Å². The van der Waals surface area contributed by atoms with Crippen LogP contribution in [0.2, 0.25) is 0 Å². The molecule has 2 heterocycles. The first kappa shape index (κ1) is 20.5. The number of carbonyl (C=O) groups excluding carboxylic acids is 1. The van der Waals surface area contributed by atoms with Gasteiger partial charge < -0.3 is 14.7 Å². The van der Waals surface area contributed by atoms with E-state index in [4.69, 9.17) is 33.0 Å². The summed E-state index contributed by atoms with van der Waals surface area (Å²) in [7, 11) is 0. The number of aromatic carboxylic acids is 1. The Balaban J connectivity index is 1.54. The summed E-state index contributed by atoms with van der Waals surface area (Å²) in [6.45, 7) is 6.63. The van der Waals surface area contributed by atoms with Crippen LogP contribution in [-0.4, -0.2) is 51.0 Å². The fourth-order valence-electron chi connectivity index (χ4n) is 3.87. The summed E-state index contributed by atoms with van der Waals surface area (Å²) < 4.78 is 7.07. The molecule has 28 heavy (non-hydrogen) atoms. The van der Waals surface area contributed by atoms with Crippen LogP contribution >= 0.6 is 23.2 Å². The van der Waals surface area contributed by atoms with Crippen molar-refractivity contribution in [3.63, 3.8) is 0 Å². The van der Waals surface area contributed by atoms with Gasteiger partial charge in [0.25, 0.3) is 0 Å². The largest absolute Gasteiger partial charge is 0.495 e. The fraction of sp³-hybridized carbons (Fsp3) is 0.421. The lowest BCUT2D eigenvalue weighted by Gasteiger charge is -2.20. The van der Waals surface area contributed by atoms with Crippen molar-refractivity contribution in [1.82, 2.24) is 14.7 Å². The zero-order chi connectivity index (χ0) is 20.4. The van der Waals surface area contributed by atoms with Crippen LogP contribution < -0.4 is 0 Å². The van der Waals surface area contributed by atoms with Gasteiger partial charge in [0.15, 0.2) is 5.69 Å². The number of ether oxygens (including phenoxy) is 1. The van der Waals surface area contributed by atoms with E-state index in [-0.39, 0.29) is 17.8 Å². The van der Waals surface area contributed by atoms with Crippen molar-refractivity contribution < 1.29 is 19.4 Å². The zero-order valence-electron chi connectivity index (χ0n) is 15.3. The lowest BCUT2D eigenvalue weighted by Crippen LogP contribution is -2.34. The molecule has 1 aliphatic heterocycles. The molecule has 0 aromatic carbocycles. The van der Waals surface area contributed by atoms with Crippen LogP contribution in [0.15, 0.2) is 46.8 Å². The molecule has 1 aromatic heterocycles. The quantitative estimate of drug-likeness (QED) is 0.567. The van der Waals surface area contributed by atoms with Gasteiger partial charge in [0.1, 0.15) is 0 Å². The van der Waals surface area contributed by atoms with Gasteiger partial charge in [-0.05, 0) is 49.8 Å². The first-order valence-electron chi connectivity index (χ1n) is 8.87. The summed E-state index contributed by atoms with van der Waals surface area (Å²) in [5, 5.41) is 13.5. The Kier molecular flexibility index (Phi) is 6.15. The van der Waals surface area contributed by atoms with Gasteiger partial charge in [-0.2, -0.15) is 9.78 Å². The zero-order valence-corrected chi connectivity index (χ0v) is 16.9. The molecule has 1 aromatic rings. The van der Waals surface area contributed by atoms with Crippen molar-refractivity contribution in [2.75, 3.05) is 13.1 Å². The number of hydrogen-bond acceptors (Lipinski definition) is 4. The molecule has 0 bridgehead atoms. The summed E-state index contributed by atoms with van der Waals surface area (Å²) in [6, 6.07) is 1.02. The fourth-order valence-corrected chi connectivity index (χ4v) is 4.33. The SMILES string of the molecule is C=C(Cl)/C=C(Cl)\C=C(/C)OC1C[C@@H]2CN(C(=O)n3ccc(C(=O)O)n3)C[C@@H]2C1. The Morgan fingerprint density at radius 3 is 2.46 bits per heavy atom. The van der Waals surface area contributed by atoms with Crippen LogP contribution in [0.3, 0.4) is 0 Å². The maximum absolute atomic E-state index is 12.5. The maximum Gasteiger partial charge on any atom is 0.356 e. The smallest absolute Gasteiger partial charge is 0.356 e. The third-order valence-corrected chi connectivity index (χ3v) is 5.30. The van der Waals surface area contributed by atoms with E-state index in [1.54, 1.807) is 17.1 Å². The minimum Gasteiger partial charge on any atom is -0.495 e. The minimum atomic E-state index is -1.15. The molecule has 1 amide bonds. The molecule has 7 nitrogen and oxygen atoms in total. The third kappa shape index (κ3) is 4.77. The van der Waals surface area contributed by atoms with Crippen molar-refractivity contribution in [1.29, 1.82) is 0 Å². The number of halogens is 2. The second-order valence-corrected chi connectivity index (χ2v) is 8.02. The molecule has 0 spiro atoms. The van der Waals surface area contributed by atoms with Gasteiger partial charge in [-0.3, -0.25) is 0 Å². The van der Waals surface area contributed by atoms with Crippen LogP contribution in [-0.2, 0) is 4.74 Å². The molecule has 1 saturated carbocycles. The lowest BCUT2D eigenvalue weighted by molar-refractivity contribution is 0.0689. The summed E-state index contributed by atoms with van der Waals surface area (Å²) in [5.41, 5.74) is -0.145. The number of allylic oxidation sites excluding steroid dienone is 5. The predicted molar refractivity (Wildman–Crippen MR) is 105 cm³/mol. The molecule has 2 fully saturated rings. The summed E-state index contributed by atoms with van der Waals surface area (Å²) in [4.78, 5) is 25.2. The van der Waals surface area contributed by atoms with Crippen LogP contribution in [0.5, 0.6) is 0 Å². The number of amides is 1. The van der Waals surface area contributed by atoms with Crippen LogP contribution in [0.4, 0.5) is 4.79 Å². The summed E-state index contributed by atoms with van der Waals surface area (Å²) in [5.74, 6) is 0.253. The molecule has 1 saturated heterocycles. The highest BCUT2D eigenvalue weighted by Gasteiger charge is 2.43. The van der Waals surface area contributed by atoms with Gasteiger partial charge in [-0.1, -0.05) is 29.8 Å². The molecule has 1 unspecified atom stereocenters. The minimum absolute atomic E-state index is 0.0792. The number of aromatic nitrogens is 2. The van der Waals surface area contributed by atoms with Crippen LogP contribution in [0.25, 0.3) is 0 Å². The Morgan fingerprint density at radius 1 is 1.29 bits per heavy atom. The van der Waals surface area contributed by atoms with Crippen molar-refractivity contribution in [2.45, 2.75) is 25.9 Å². The van der Waals surface area contributed by atoms with Crippen LogP contribution in [0, 0.1) is 11.8 Å². The van der Waals surface area contributed by atoms with E-state index < -0.39 is 5.97 Å². The van der Waals surface area contributed by atoms with Crippen molar-refractivity contribution >= 4 is 35.2 Å². The molecule has 3 rings (SSSR count). The summed E-state index contributed by atoms with van der Waals surface area (Å²) in [6.07, 6.45) is 6.42. The second kappa shape index (κ2) is 8.41. The second-order valence-electron chi connectivity index (χ2n) is 7.10. The third-order valence-electron chi connectivity index (χ3n) is 4.97. The number of carboxylic acids is 1. The van der Waals surface area contributed by atoms with E-state index >= 15 is 0 Å². The standard InChI is InChI=1S/C19H21Cl2N3O4/c1-11(20)5-15(21)6-12(2)28-16-7-13-9-23(10-14(13)8-16)19(27)24-4-3-17(22-24)18(25)26/h3-6,13-14,16H,1,7-10H2,2H3,(H,25,26)/b12-6+,15-5+/t13-,14+,16?. The van der Waals surface area contributed by atoms with E-state index in [1.165, 1.54) is 12.3 Å². The topological polar surface area (TPSA) is 84.7 Å². The lowest BCUT2D eigenvalue weighted by atomic mass is 10.0. The molecule has 9 heteroatoms.